The van der Waals surface area contributed by atoms with Gasteiger partial charge in [-0.25, -0.2) is 18.0 Å². The number of nitrogens with zero attached hydrogens (tertiary/aromatic N) is 5. The van der Waals surface area contributed by atoms with Crippen LogP contribution < -0.4 is 16.1 Å². The summed E-state index contributed by atoms with van der Waals surface area (Å²) in [5, 5.41) is 24.2. The molecular weight excluding hydrogens is 475 g/mol. The molecule has 0 bridgehead atoms. The van der Waals surface area contributed by atoms with Crippen LogP contribution in [0.4, 0.5) is 13.2 Å². The standard InChI is InChI=1S/C13H10F3N5O5S.C3H4N2O/c1-27(25,26)19-20-11(22)7-4-6(10-2-3-17-21(10)24)8(13(14,15)16)5-9(7)18-12(20)23;6-5-3-1-2-4-5/h2-5,19,24H,1H3,(H,18,23);1-3,6H. The van der Waals surface area contributed by atoms with E-state index in [1.165, 1.54) is 12.4 Å². The molecule has 0 saturated heterocycles. The number of aromatic amines is 1. The lowest BCUT2D eigenvalue weighted by molar-refractivity contribution is -0.137. The molecule has 3 aromatic heterocycles. The van der Waals surface area contributed by atoms with Crippen LogP contribution in [0.2, 0.25) is 0 Å². The molecule has 0 spiro atoms. The first kappa shape index (κ1) is 23.4. The van der Waals surface area contributed by atoms with Gasteiger partial charge in [0.15, 0.2) is 0 Å². The monoisotopic (exact) mass is 489 g/mol. The van der Waals surface area contributed by atoms with Crippen LogP contribution in [0, 0.1) is 0 Å². The number of halogens is 3. The Labute approximate surface area is 180 Å². The summed E-state index contributed by atoms with van der Waals surface area (Å²) in [4.78, 5) is 29.0. The maximum Gasteiger partial charge on any atom is 0.417 e. The molecule has 1 aromatic carbocycles. The number of sulfonamides is 1. The van der Waals surface area contributed by atoms with Crippen molar-refractivity contribution < 1.29 is 32.0 Å². The molecule has 0 radical (unpaired) electrons. The Morgan fingerprint density at radius 2 is 1.82 bits per heavy atom. The van der Waals surface area contributed by atoms with E-state index in [1.807, 2.05) is 4.98 Å². The lowest BCUT2D eigenvalue weighted by atomic mass is 10.0. The number of nitrogens with one attached hydrogen (secondary N) is 2. The molecule has 0 unspecified atom stereocenters. The average Bonchev–Trinajstić information content (AvgIpc) is 3.34. The summed E-state index contributed by atoms with van der Waals surface area (Å²) in [6.07, 6.45) is -0.216. The Kier molecular flexibility index (Phi) is 5.91. The van der Waals surface area contributed by atoms with E-state index < -0.39 is 49.5 Å². The van der Waals surface area contributed by atoms with E-state index in [9.17, 15) is 36.4 Å². The Hall–Kier alpha value is -4.28. The van der Waals surface area contributed by atoms with Crippen molar-refractivity contribution in [2.75, 3.05) is 11.1 Å². The average molecular weight is 489 g/mol. The molecule has 176 valence electrons. The number of aromatic nitrogens is 6. The van der Waals surface area contributed by atoms with Gasteiger partial charge in [0.1, 0.15) is 5.69 Å². The topological polar surface area (TPSA) is 177 Å². The lowest BCUT2D eigenvalue weighted by Gasteiger charge is -2.14. The highest BCUT2D eigenvalue weighted by Gasteiger charge is 2.35. The highest BCUT2D eigenvalue weighted by atomic mass is 32.2. The molecule has 33 heavy (non-hydrogen) atoms. The quantitative estimate of drug-likeness (QED) is 0.299. The SMILES string of the molecule is CS(=O)(=O)Nn1c(=O)[nH]c2cc(C(F)(F)F)c(-c3ccnn3O)cc2c1=O.On1cccn1. The second-order valence-corrected chi connectivity index (χ2v) is 8.13. The summed E-state index contributed by atoms with van der Waals surface area (Å²) in [5.41, 5.74) is -5.13. The van der Waals surface area contributed by atoms with Crippen molar-refractivity contribution >= 4 is 20.9 Å². The number of fused-ring (bicyclic) bond motifs is 1. The number of hydrogen-bond acceptors (Lipinski definition) is 8. The number of H-pyrrole nitrogens is 1. The Bertz CT molecular complexity index is 1520. The number of rotatable bonds is 3. The fraction of sp³-hybridized carbons (Fsp3) is 0.125. The molecule has 0 atom stereocenters. The summed E-state index contributed by atoms with van der Waals surface area (Å²) in [7, 11) is -4.02. The molecule has 0 aliphatic carbocycles. The first-order valence-electron chi connectivity index (χ1n) is 8.58. The molecule has 13 nitrogen and oxygen atoms in total. The lowest BCUT2D eigenvalue weighted by Crippen LogP contribution is -2.43. The van der Waals surface area contributed by atoms with Crippen molar-refractivity contribution in [1.29, 1.82) is 0 Å². The zero-order chi connectivity index (χ0) is 24.6. The van der Waals surface area contributed by atoms with Crippen LogP contribution in [0.15, 0.2) is 52.4 Å². The third kappa shape index (κ3) is 5.14. The van der Waals surface area contributed by atoms with Crippen LogP contribution in [0.3, 0.4) is 0 Å². The van der Waals surface area contributed by atoms with Crippen LogP contribution in [0.5, 0.6) is 0 Å². The van der Waals surface area contributed by atoms with Gasteiger partial charge in [-0.05, 0) is 24.3 Å². The molecule has 3 heterocycles. The van der Waals surface area contributed by atoms with Gasteiger partial charge in [-0.15, -0.1) is 19.9 Å². The van der Waals surface area contributed by atoms with Gasteiger partial charge in [0.25, 0.3) is 5.56 Å². The Morgan fingerprint density at radius 1 is 1.12 bits per heavy atom. The zero-order valence-electron chi connectivity index (χ0n) is 16.3. The van der Waals surface area contributed by atoms with E-state index in [1.54, 1.807) is 10.9 Å². The van der Waals surface area contributed by atoms with E-state index in [2.05, 4.69) is 10.2 Å². The molecule has 4 rings (SSSR count). The number of alkyl halides is 3. The van der Waals surface area contributed by atoms with Crippen LogP contribution >= 0.6 is 0 Å². The predicted octanol–water partition coefficient (Wildman–Crippen LogP) is 0.433. The van der Waals surface area contributed by atoms with Crippen LogP contribution in [-0.2, 0) is 16.2 Å². The van der Waals surface area contributed by atoms with Gasteiger partial charge < -0.3 is 15.4 Å². The summed E-state index contributed by atoms with van der Waals surface area (Å²) in [5.74, 6) is 0. The van der Waals surface area contributed by atoms with E-state index in [-0.39, 0.29) is 15.2 Å². The second-order valence-electron chi connectivity index (χ2n) is 6.41. The van der Waals surface area contributed by atoms with Crippen LogP contribution in [0.1, 0.15) is 5.56 Å². The molecule has 0 aliphatic rings. The van der Waals surface area contributed by atoms with Crippen molar-refractivity contribution in [1.82, 2.24) is 29.5 Å². The van der Waals surface area contributed by atoms with Crippen molar-refractivity contribution in [2.24, 2.45) is 0 Å². The van der Waals surface area contributed by atoms with E-state index in [0.717, 1.165) is 23.2 Å². The third-order valence-corrected chi connectivity index (χ3v) is 4.50. The minimum Gasteiger partial charge on any atom is -0.412 e. The first-order chi connectivity index (χ1) is 15.3. The summed E-state index contributed by atoms with van der Waals surface area (Å²) in [6, 6.07) is 4.02. The van der Waals surface area contributed by atoms with Crippen molar-refractivity contribution in [2.45, 2.75) is 6.18 Å². The largest absolute Gasteiger partial charge is 0.417 e. The van der Waals surface area contributed by atoms with Gasteiger partial charge in [-0.3, -0.25) is 4.79 Å². The molecule has 0 fully saturated rings. The second kappa shape index (κ2) is 8.34. The highest BCUT2D eigenvalue weighted by molar-refractivity contribution is 7.91. The molecule has 17 heteroatoms. The van der Waals surface area contributed by atoms with Crippen LogP contribution in [0.25, 0.3) is 22.2 Å². The molecule has 0 aliphatic heterocycles. The smallest absolute Gasteiger partial charge is 0.412 e. The van der Waals surface area contributed by atoms with Gasteiger partial charge in [0.05, 0.1) is 41.3 Å². The fourth-order valence-electron chi connectivity index (χ4n) is 2.71. The first-order valence-corrected chi connectivity index (χ1v) is 10.5. The van der Waals surface area contributed by atoms with Gasteiger partial charge in [0.2, 0.25) is 10.0 Å². The van der Waals surface area contributed by atoms with E-state index >= 15 is 0 Å². The molecule has 0 amide bonds. The Morgan fingerprint density at radius 3 is 2.27 bits per heavy atom. The fourth-order valence-corrected chi connectivity index (χ4v) is 3.21. The molecular formula is C16H14F3N7O6S. The molecule has 4 aromatic rings. The summed E-state index contributed by atoms with van der Waals surface area (Å²) >= 11 is 0. The summed E-state index contributed by atoms with van der Waals surface area (Å²) < 4.78 is 63.0. The molecule has 4 N–H and O–H groups in total. The summed E-state index contributed by atoms with van der Waals surface area (Å²) in [6.45, 7) is 0. The van der Waals surface area contributed by atoms with Gasteiger partial charge >= 0.3 is 11.9 Å². The predicted molar refractivity (Wildman–Crippen MR) is 106 cm³/mol. The van der Waals surface area contributed by atoms with Crippen molar-refractivity contribution in [3.05, 3.63) is 69.3 Å². The minimum absolute atomic E-state index is 0.116. The highest BCUT2D eigenvalue weighted by Crippen LogP contribution is 2.38. The number of hydrogen-bond donors (Lipinski definition) is 4. The normalized spacial score (nSPS) is 11.8. The maximum absolute atomic E-state index is 13.4. The molecule has 0 saturated carbocycles. The van der Waals surface area contributed by atoms with Crippen molar-refractivity contribution in [3.8, 4) is 11.3 Å². The van der Waals surface area contributed by atoms with Gasteiger partial charge in [-0.2, -0.15) is 17.8 Å². The Balaban J connectivity index is 0.000000442. The maximum atomic E-state index is 13.4. The van der Waals surface area contributed by atoms with Crippen molar-refractivity contribution in [3.63, 3.8) is 0 Å². The third-order valence-electron chi connectivity index (χ3n) is 3.99. The van der Waals surface area contributed by atoms with Gasteiger partial charge in [0, 0.05) is 5.56 Å². The van der Waals surface area contributed by atoms with E-state index in [0.29, 0.717) is 12.3 Å². The van der Waals surface area contributed by atoms with Crippen LogP contribution in [-0.4, -0.2) is 54.6 Å². The van der Waals surface area contributed by atoms with Gasteiger partial charge in [-0.1, -0.05) is 0 Å². The minimum atomic E-state index is -4.88. The van der Waals surface area contributed by atoms with E-state index in [4.69, 9.17) is 5.21 Å². The number of benzene rings is 1. The zero-order valence-corrected chi connectivity index (χ0v) is 17.2.